The van der Waals surface area contributed by atoms with Crippen LogP contribution in [0.3, 0.4) is 0 Å². The first kappa shape index (κ1) is 9.56. The van der Waals surface area contributed by atoms with E-state index >= 15 is 0 Å². The van der Waals surface area contributed by atoms with Crippen molar-refractivity contribution in [1.29, 1.82) is 0 Å². The van der Waals surface area contributed by atoms with E-state index in [0.29, 0.717) is 5.92 Å². The Labute approximate surface area is 75.0 Å². The SMILES string of the molecule is CC1=NOC(C)(C(C)(C)C)C1C. The first-order valence-corrected chi connectivity index (χ1v) is 4.52. The van der Waals surface area contributed by atoms with Crippen molar-refractivity contribution in [2.75, 3.05) is 0 Å². The maximum Gasteiger partial charge on any atom is 0.147 e. The Bertz CT molecular complexity index is 214. The minimum Gasteiger partial charge on any atom is -0.388 e. The summed E-state index contributed by atoms with van der Waals surface area (Å²) in [6, 6.07) is 0. The zero-order valence-electron chi connectivity index (χ0n) is 8.93. The fourth-order valence-electron chi connectivity index (χ4n) is 1.51. The van der Waals surface area contributed by atoms with Crippen LogP contribution in [-0.4, -0.2) is 11.3 Å². The van der Waals surface area contributed by atoms with Crippen molar-refractivity contribution in [2.24, 2.45) is 16.5 Å². The molecular weight excluding hydrogens is 150 g/mol. The molecule has 0 spiro atoms. The number of nitrogens with zero attached hydrogens (tertiary/aromatic N) is 1. The number of hydrogen-bond acceptors (Lipinski definition) is 2. The Morgan fingerprint density at radius 3 is 2.08 bits per heavy atom. The predicted octanol–water partition coefficient (Wildman–Crippen LogP) is 2.83. The first-order chi connectivity index (χ1) is 5.29. The summed E-state index contributed by atoms with van der Waals surface area (Å²) in [5.41, 5.74) is 1.09. The van der Waals surface area contributed by atoms with Crippen LogP contribution in [-0.2, 0) is 4.84 Å². The molecule has 12 heavy (non-hydrogen) atoms. The largest absolute Gasteiger partial charge is 0.388 e. The molecular formula is C10H19NO. The highest BCUT2D eigenvalue weighted by atomic mass is 16.7. The molecule has 0 aromatic heterocycles. The standard InChI is InChI=1S/C10H19NO/c1-7-8(2)11-12-10(7,6)9(3,4)5/h7H,1-6H3. The van der Waals surface area contributed by atoms with Crippen molar-refractivity contribution in [3.05, 3.63) is 0 Å². The topological polar surface area (TPSA) is 21.6 Å². The molecule has 2 heteroatoms. The van der Waals surface area contributed by atoms with E-state index in [1.807, 2.05) is 6.92 Å². The maximum atomic E-state index is 5.52. The van der Waals surface area contributed by atoms with Gasteiger partial charge in [-0.05, 0) is 13.8 Å². The van der Waals surface area contributed by atoms with Crippen molar-refractivity contribution in [3.8, 4) is 0 Å². The van der Waals surface area contributed by atoms with Gasteiger partial charge in [0.15, 0.2) is 0 Å². The first-order valence-electron chi connectivity index (χ1n) is 4.52. The Hall–Kier alpha value is -0.530. The Balaban J connectivity index is 2.92. The quantitative estimate of drug-likeness (QED) is 0.546. The van der Waals surface area contributed by atoms with Gasteiger partial charge in [-0.2, -0.15) is 0 Å². The molecule has 0 bridgehead atoms. The van der Waals surface area contributed by atoms with Crippen LogP contribution in [0.25, 0.3) is 0 Å². The van der Waals surface area contributed by atoms with Crippen molar-refractivity contribution in [3.63, 3.8) is 0 Å². The van der Waals surface area contributed by atoms with Gasteiger partial charge in [0.1, 0.15) is 5.60 Å². The molecule has 1 heterocycles. The molecule has 0 fully saturated rings. The van der Waals surface area contributed by atoms with E-state index in [2.05, 4.69) is 39.8 Å². The minimum atomic E-state index is -0.142. The van der Waals surface area contributed by atoms with Crippen LogP contribution in [0.5, 0.6) is 0 Å². The van der Waals surface area contributed by atoms with Gasteiger partial charge in [-0.1, -0.05) is 32.9 Å². The maximum absolute atomic E-state index is 5.52. The van der Waals surface area contributed by atoms with E-state index in [-0.39, 0.29) is 11.0 Å². The van der Waals surface area contributed by atoms with Gasteiger partial charge in [0.05, 0.1) is 5.71 Å². The normalized spacial score (nSPS) is 36.2. The fourth-order valence-corrected chi connectivity index (χ4v) is 1.51. The van der Waals surface area contributed by atoms with Gasteiger partial charge in [-0.3, -0.25) is 0 Å². The average molecular weight is 169 g/mol. The molecule has 0 amide bonds. The van der Waals surface area contributed by atoms with Gasteiger partial charge in [-0.15, -0.1) is 0 Å². The molecule has 0 aromatic carbocycles. The summed E-state index contributed by atoms with van der Waals surface area (Å²) < 4.78 is 0. The van der Waals surface area contributed by atoms with Crippen LogP contribution in [0, 0.1) is 11.3 Å². The molecule has 2 nitrogen and oxygen atoms in total. The van der Waals surface area contributed by atoms with Crippen molar-refractivity contribution in [2.45, 2.75) is 47.1 Å². The average Bonchev–Trinajstić information content (AvgIpc) is 2.16. The molecule has 2 atom stereocenters. The summed E-state index contributed by atoms with van der Waals surface area (Å²) in [5, 5.41) is 4.05. The van der Waals surface area contributed by atoms with E-state index in [4.69, 9.17) is 4.84 Å². The third kappa shape index (κ3) is 1.13. The molecule has 0 aliphatic carbocycles. The lowest BCUT2D eigenvalue weighted by Gasteiger charge is -2.39. The summed E-state index contributed by atoms with van der Waals surface area (Å²) >= 11 is 0. The highest BCUT2D eigenvalue weighted by Gasteiger charge is 2.49. The Morgan fingerprint density at radius 2 is 1.92 bits per heavy atom. The third-order valence-corrected chi connectivity index (χ3v) is 3.32. The molecule has 1 rings (SSSR count). The van der Waals surface area contributed by atoms with Gasteiger partial charge in [-0.25, -0.2) is 0 Å². The molecule has 0 radical (unpaired) electrons. The Morgan fingerprint density at radius 1 is 1.42 bits per heavy atom. The highest BCUT2D eigenvalue weighted by molar-refractivity contribution is 5.85. The van der Waals surface area contributed by atoms with Crippen LogP contribution in [0.1, 0.15) is 41.5 Å². The zero-order valence-corrected chi connectivity index (χ0v) is 8.93. The molecule has 0 N–H and O–H groups in total. The van der Waals surface area contributed by atoms with E-state index in [9.17, 15) is 0 Å². The number of rotatable bonds is 0. The van der Waals surface area contributed by atoms with Gasteiger partial charge < -0.3 is 4.84 Å². The van der Waals surface area contributed by atoms with Gasteiger partial charge in [0.25, 0.3) is 0 Å². The van der Waals surface area contributed by atoms with E-state index in [1.165, 1.54) is 0 Å². The molecule has 1 aliphatic heterocycles. The van der Waals surface area contributed by atoms with Gasteiger partial charge >= 0.3 is 0 Å². The molecule has 1 aliphatic rings. The predicted molar refractivity (Wildman–Crippen MR) is 51.2 cm³/mol. The number of oxime groups is 1. The van der Waals surface area contributed by atoms with Gasteiger partial charge in [0.2, 0.25) is 0 Å². The van der Waals surface area contributed by atoms with Crippen LogP contribution in [0.15, 0.2) is 5.16 Å². The molecule has 0 saturated carbocycles. The molecule has 0 saturated heterocycles. The summed E-state index contributed by atoms with van der Waals surface area (Å²) in [6.07, 6.45) is 0. The van der Waals surface area contributed by atoms with E-state index < -0.39 is 0 Å². The summed E-state index contributed by atoms with van der Waals surface area (Å²) in [7, 11) is 0. The lowest BCUT2D eigenvalue weighted by molar-refractivity contribution is -0.102. The van der Waals surface area contributed by atoms with E-state index in [0.717, 1.165) is 5.71 Å². The van der Waals surface area contributed by atoms with Crippen molar-refractivity contribution >= 4 is 5.71 Å². The highest BCUT2D eigenvalue weighted by Crippen LogP contribution is 2.43. The summed E-state index contributed by atoms with van der Waals surface area (Å²) in [5.74, 6) is 0.414. The second-order valence-electron chi connectivity index (χ2n) is 4.90. The van der Waals surface area contributed by atoms with Crippen LogP contribution >= 0.6 is 0 Å². The van der Waals surface area contributed by atoms with Crippen LogP contribution < -0.4 is 0 Å². The second kappa shape index (κ2) is 2.48. The molecule has 0 aromatic rings. The van der Waals surface area contributed by atoms with Gasteiger partial charge in [0, 0.05) is 11.3 Å². The van der Waals surface area contributed by atoms with Crippen LogP contribution in [0.4, 0.5) is 0 Å². The number of hydrogen-bond donors (Lipinski definition) is 0. The monoisotopic (exact) mass is 169 g/mol. The van der Waals surface area contributed by atoms with Crippen molar-refractivity contribution in [1.82, 2.24) is 0 Å². The summed E-state index contributed by atoms with van der Waals surface area (Å²) in [4.78, 5) is 5.52. The van der Waals surface area contributed by atoms with Crippen LogP contribution in [0.2, 0.25) is 0 Å². The zero-order chi connectivity index (χ0) is 9.57. The fraction of sp³-hybridized carbons (Fsp3) is 0.900. The van der Waals surface area contributed by atoms with Crippen molar-refractivity contribution < 1.29 is 4.84 Å². The second-order valence-corrected chi connectivity index (χ2v) is 4.90. The minimum absolute atomic E-state index is 0.133. The smallest absolute Gasteiger partial charge is 0.147 e. The summed E-state index contributed by atoms with van der Waals surface area (Å²) in [6.45, 7) is 12.9. The lowest BCUT2D eigenvalue weighted by atomic mass is 9.70. The molecule has 2 unspecified atom stereocenters. The third-order valence-electron chi connectivity index (χ3n) is 3.32. The molecule has 70 valence electrons. The van der Waals surface area contributed by atoms with E-state index in [1.54, 1.807) is 0 Å². The Kier molecular flexibility index (Phi) is 1.97. The lowest BCUT2D eigenvalue weighted by Crippen LogP contribution is -2.45.